The summed E-state index contributed by atoms with van der Waals surface area (Å²) in [6.07, 6.45) is 1.38. The summed E-state index contributed by atoms with van der Waals surface area (Å²) >= 11 is 3.17. The first kappa shape index (κ1) is 9.08. The van der Waals surface area contributed by atoms with E-state index in [4.69, 9.17) is 0 Å². The fourth-order valence-electron chi connectivity index (χ4n) is 1.40. The maximum atomic E-state index is 12.8. The fourth-order valence-corrected chi connectivity index (χ4v) is 1.70. The first-order valence-corrected chi connectivity index (χ1v) is 4.68. The predicted molar refractivity (Wildman–Crippen MR) is 46.6 cm³/mol. The van der Waals surface area contributed by atoms with Gasteiger partial charge in [-0.2, -0.15) is 0 Å². The summed E-state index contributed by atoms with van der Waals surface area (Å²) in [6.45, 7) is -0.268. The number of alkyl halides is 2. The van der Waals surface area contributed by atoms with Gasteiger partial charge in [-0.3, -0.25) is 0 Å². The molecule has 1 aliphatic heterocycles. The number of aromatic nitrogens is 2. The molecule has 1 aromatic heterocycles. The van der Waals surface area contributed by atoms with Gasteiger partial charge in [0.05, 0.1) is 18.8 Å². The minimum absolute atomic E-state index is 0.188. The van der Waals surface area contributed by atoms with Crippen LogP contribution in [0.1, 0.15) is 18.3 Å². The minimum atomic E-state index is -2.61. The van der Waals surface area contributed by atoms with E-state index in [9.17, 15) is 8.78 Å². The van der Waals surface area contributed by atoms with Gasteiger partial charge in [0.15, 0.2) is 0 Å². The average molecular weight is 252 g/mol. The van der Waals surface area contributed by atoms with Crippen molar-refractivity contribution >= 4 is 15.9 Å². The van der Waals surface area contributed by atoms with Gasteiger partial charge in [0, 0.05) is 6.42 Å². The van der Waals surface area contributed by atoms with Gasteiger partial charge in [-0.1, -0.05) is 0 Å². The lowest BCUT2D eigenvalue weighted by molar-refractivity contribution is 0.0208. The van der Waals surface area contributed by atoms with Crippen LogP contribution in [-0.2, 0) is 0 Å². The van der Waals surface area contributed by atoms with Crippen molar-refractivity contribution in [3.63, 3.8) is 0 Å². The van der Waals surface area contributed by atoms with E-state index in [1.807, 2.05) is 0 Å². The Hall–Kier alpha value is -0.490. The van der Waals surface area contributed by atoms with Crippen molar-refractivity contribution < 1.29 is 8.78 Å². The Morgan fingerprint density at radius 3 is 2.85 bits per heavy atom. The maximum Gasteiger partial charge on any atom is 0.262 e. The van der Waals surface area contributed by atoms with Gasteiger partial charge in [-0.15, -0.1) is 0 Å². The number of imidazole rings is 1. The van der Waals surface area contributed by atoms with E-state index >= 15 is 0 Å². The molecule has 1 fully saturated rings. The predicted octanol–water partition coefficient (Wildman–Crippen LogP) is 1.84. The Balaban J connectivity index is 2.12. The van der Waals surface area contributed by atoms with Crippen molar-refractivity contribution in [2.45, 2.75) is 18.4 Å². The molecule has 1 aromatic rings. The third-order valence-electron chi connectivity index (χ3n) is 2.00. The molecule has 0 spiro atoms. The Labute approximate surface area is 82.1 Å². The standard InChI is InChI=1S/C7H8BrF2N3/c8-5-2-11-6(13-5)4-1-7(9,10)3-12-4/h2,4,12H,1,3H2,(H,11,13). The second kappa shape index (κ2) is 3.02. The number of halogens is 3. The van der Waals surface area contributed by atoms with E-state index in [2.05, 4.69) is 31.2 Å². The van der Waals surface area contributed by atoms with E-state index in [1.54, 1.807) is 6.20 Å². The van der Waals surface area contributed by atoms with E-state index in [1.165, 1.54) is 0 Å². The first-order valence-electron chi connectivity index (χ1n) is 3.88. The van der Waals surface area contributed by atoms with E-state index in [0.717, 1.165) is 0 Å². The zero-order valence-corrected chi connectivity index (χ0v) is 8.24. The molecule has 6 heteroatoms. The van der Waals surface area contributed by atoms with Crippen molar-refractivity contribution in [1.29, 1.82) is 0 Å². The number of hydrogen-bond acceptors (Lipinski definition) is 2. The zero-order chi connectivity index (χ0) is 9.47. The molecule has 72 valence electrons. The lowest BCUT2D eigenvalue weighted by Gasteiger charge is -2.06. The topological polar surface area (TPSA) is 40.7 Å². The summed E-state index contributed by atoms with van der Waals surface area (Å²) in [5, 5.41) is 2.71. The molecule has 1 aliphatic rings. The van der Waals surface area contributed by atoms with Gasteiger partial charge in [0.2, 0.25) is 0 Å². The summed E-state index contributed by atoms with van der Waals surface area (Å²) in [6, 6.07) is -0.360. The fraction of sp³-hybridized carbons (Fsp3) is 0.571. The Morgan fingerprint density at radius 1 is 1.62 bits per heavy atom. The van der Waals surface area contributed by atoms with Crippen LogP contribution in [0.15, 0.2) is 10.8 Å². The molecule has 13 heavy (non-hydrogen) atoms. The van der Waals surface area contributed by atoms with Crippen LogP contribution in [0.25, 0.3) is 0 Å². The number of nitrogens with one attached hydrogen (secondary N) is 2. The molecule has 0 saturated carbocycles. The minimum Gasteiger partial charge on any atom is -0.335 e. The highest BCUT2D eigenvalue weighted by molar-refractivity contribution is 9.10. The lowest BCUT2D eigenvalue weighted by Crippen LogP contribution is -2.19. The van der Waals surface area contributed by atoms with Gasteiger partial charge >= 0.3 is 0 Å². The van der Waals surface area contributed by atoms with Crippen LogP contribution in [0.2, 0.25) is 0 Å². The number of H-pyrrole nitrogens is 1. The quantitative estimate of drug-likeness (QED) is 0.800. The maximum absolute atomic E-state index is 12.8. The third kappa shape index (κ3) is 1.88. The highest BCUT2D eigenvalue weighted by Gasteiger charge is 2.40. The van der Waals surface area contributed by atoms with E-state index in [-0.39, 0.29) is 19.0 Å². The molecule has 0 bridgehead atoms. The van der Waals surface area contributed by atoms with Crippen molar-refractivity contribution in [2.75, 3.05) is 6.54 Å². The average Bonchev–Trinajstić information content (AvgIpc) is 2.56. The summed E-state index contributed by atoms with van der Waals surface area (Å²) in [7, 11) is 0. The Bertz CT molecular complexity index is 312. The number of rotatable bonds is 1. The van der Waals surface area contributed by atoms with Crippen LogP contribution in [-0.4, -0.2) is 22.4 Å². The molecule has 2 heterocycles. The molecule has 0 amide bonds. The molecule has 0 aliphatic carbocycles. The molecule has 2 rings (SSSR count). The molecule has 1 saturated heterocycles. The van der Waals surface area contributed by atoms with Gasteiger partial charge in [0.25, 0.3) is 5.92 Å². The first-order chi connectivity index (χ1) is 6.07. The smallest absolute Gasteiger partial charge is 0.262 e. The molecule has 0 aromatic carbocycles. The molecular formula is C7H8BrF2N3. The van der Waals surface area contributed by atoms with Gasteiger partial charge in [-0.25, -0.2) is 13.8 Å². The van der Waals surface area contributed by atoms with Crippen LogP contribution < -0.4 is 5.32 Å². The van der Waals surface area contributed by atoms with E-state index in [0.29, 0.717) is 10.4 Å². The summed E-state index contributed by atoms with van der Waals surface area (Å²) in [4.78, 5) is 6.83. The van der Waals surface area contributed by atoms with Gasteiger partial charge in [-0.05, 0) is 15.9 Å². The van der Waals surface area contributed by atoms with Crippen LogP contribution in [0.3, 0.4) is 0 Å². The second-order valence-electron chi connectivity index (χ2n) is 3.11. The van der Waals surface area contributed by atoms with Crippen molar-refractivity contribution in [2.24, 2.45) is 0 Å². The van der Waals surface area contributed by atoms with E-state index < -0.39 is 5.92 Å². The molecule has 1 unspecified atom stereocenters. The molecule has 0 radical (unpaired) electrons. The van der Waals surface area contributed by atoms with Crippen molar-refractivity contribution in [3.8, 4) is 0 Å². The molecule has 3 nitrogen and oxygen atoms in total. The number of nitrogens with zero attached hydrogens (tertiary/aromatic N) is 1. The van der Waals surface area contributed by atoms with Crippen LogP contribution >= 0.6 is 15.9 Å². The second-order valence-corrected chi connectivity index (χ2v) is 3.96. The number of aromatic amines is 1. The number of hydrogen-bond donors (Lipinski definition) is 2. The van der Waals surface area contributed by atoms with Gasteiger partial charge in [0.1, 0.15) is 10.4 Å². The van der Waals surface area contributed by atoms with Crippen molar-refractivity contribution in [3.05, 3.63) is 16.6 Å². The highest BCUT2D eigenvalue weighted by atomic mass is 79.9. The highest BCUT2D eigenvalue weighted by Crippen LogP contribution is 2.32. The monoisotopic (exact) mass is 251 g/mol. The van der Waals surface area contributed by atoms with Crippen LogP contribution in [0.5, 0.6) is 0 Å². The van der Waals surface area contributed by atoms with Gasteiger partial charge < -0.3 is 10.3 Å². The van der Waals surface area contributed by atoms with Crippen molar-refractivity contribution in [1.82, 2.24) is 15.3 Å². The normalized spacial score (nSPS) is 26.5. The zero-order valence-electron chi connectivity index (χ0n) is 6.65. The summed E-state index contributed by atoms with van der Waals surface area (Å²) in [5.74, 6) is -2.05. The molecular weight excluding hydrogens is 244 g/mol. The molecule has 2 N–H and O–H groups in total. The third-order valence-corrected chi connectivity index (χ3v) is 2.41. The summed E-state index contributed by atoms with van der Waals surface area (Å²) in [5.41, 5.74) is 0. The summed E-state index contributed by atoms with van der Waals surface area (Å²) < 4.78 is 26.3. The SMILES string of the molecule is FC1(F)CNC(c2ncc(Br)[nH]2)C1. The van der Waals surface area contributed by atoms with Crippen LogP contribution in [0, 0.1) is 0 Å². The molecule has 1 atom stereocenters. The Kier molecular flexibility index (Phi) is 2.11. The lowest BCUT2D eigenvalue weighted by atomic mass is 10.2. The van der Waals surface area contributed by atoms with Crippen LogP contribution in [0.4, 0.5) is 8.78 Å². The Morgan fingerprint density at radius 2 is 2.38 bits per heavy atom. The largest absolute Gasteiger partial charge is 0.335 e.